The number of nitrogens with one attached hydrogen (secondary N) is 11. The molecule has 3 aliphatic heterocycles. The number of hydrogen-bond donors (Lipinski definition) is 18. The van der Waals surface area contributed by atoms with Crippen molar-refractivity contribution in [1.82, 2.24) is 67.5 Å². The third-order valence-electron chi connectivity index (χ3n) is 19.3. The zero-order valence-corrected chi connectivity index (χ0v) is 60.3. The second-order valence-electron chi connectivity index (χ2n) is 27.6. The molecule has 0 radical (unpaired) electrons. The van der Waals surface area contributed by atoms with Crippen LogP contribution in [0.3, 0.4) is 0 Å². The SMILES string of the molecule is CC(C)[C@H](NC(=O)[C@H](CO)NC(=O)[C@H](CC(=O)O)NC(=O)[C@@H]1CCCN1C(=O)[C@H](Cc1ccc(-c2ccccc2)cc1)NC(=O)[C@H](C)NC(=O)[C@H](CO)NC(=O)[C@@H](N)Cc1c[nH]c2cc(O)ccc12)C(=O)N1CCC[C@H]1C(=O)N[C@@H](Cc1ccccc1)C(=O)N[C@@H](CCCNC(=N)N)C(=O)N1CCC[C@H]1C(N)=O. The maximum absolute atomic E-state index is 14.9. The second kappa shape index (κ2) is 38.7. The molecule has 0 aliphatic carbocycles. The van der Waals surface area contributed by atoms with Gasteiger partial charge in [-0.3, -0.25) is 67.7 Å². The van der Waals surface area contributed by atoms with E-state index < -0.39 is 175 Å². The first-order valence-corrected chi connectivity index (χ1v) is 35.9. The molecule has 0 spiro atoms. The number of guanidine groups is 1. The third-order valence-corrected chi connectivity index (χ3v) is 19.3. The monoisotopic (exact) mass is 1500 g/mol. The predicted octanol–water partition coefficient (Wildman–Crippen LogP) is -2.37. The number of primary amides is 1. The summed E-state index contributed by atoms with van der Waals surface area (Å²) in [6.07, 6.45) is 2.02. The van der Waals surface area contributed by atoms with Gasteiger partial charge in [0.05, 0.1) is 25.7 Å². The minimum atomic E-state index is -1.95. The number of carboxylic acid groups (broad SMARTS) is 1. The largest absolute Gasteiger partial charge is 0.508 e. The molecule has 4 heterocycles. The van der Waals surface area contributed by atoms with Gasteiger partial charge in [-0.25, -0.2) is 0 Å². The number of H-pyrrole nitrogens is 1. The Bertz CT molecular complexity index is 4070. The molecule has 0 saturated carbocycles. The van der Waals surface area contributed by atoms with E-state index in [1.807, 2.05) is 30.3 Å². The summed E-state index contributed by atoms with van der Waals surface area (Å²) in [5.74, 6) is -13.0. The average Bonchev–Trinajstić information content (AvgIpc) is 1.60. The molecule has 34 heteroatoms. The molecule has 0 bridgehead atoms. The van der Waals surface area contributed by atoms with Gasteiger partial charge in [-0.15, -0.1) is 0 Å². The minimum Gasteiger partial charge on any atom is -0.508 e. The number of hydrogen-bond acceptors (Lipinski definition) is 18. The molecule has 21 N–H and O–H groups in total. The Labute approximate surface area is 622 Å². The quantitative estimate of drug-likeness (QED) is 0.0113. The fourth-order valence-corrected chi connectivity index (χ4v) is 13.5. The van der Waals surface area contributed by atoms with E-state index in [2.05, 4.69) is 52.8 Å². The van der Waals surface area contributed by atoms with Crippen molar-refractivity contribution in [2.75, 3.05) is 39.4 Å². The normalized spacial score (nSPS) is 18.0. The smallest absolute Gasteiger partial charge is 0.305 e. The molecule has 5 aromatic rings. The number of likely N-dealkylation sites (tertiary alicyclic amines) is 3. The van der Waals surface area contributed by atoms with E-state index in [0.717, 1.165) is 16.0 Å². The number of benzene rings is 4. The molecule has 108 heavy (non-hydrogen) atoms. The van der Waals surface area contributed by atoms with Gasteiger partial charge in [0.25, 0.3) is 0 Å². The Kier molecular flexibility index (Phi) is 29.4. The van der Waals surface area contributed by atoms with E-state index >= 15 is 0 Å². The summed E-state index contributed by atoms with van der Waals surface area (Å²) >= 11 is 0. The van der Waals surface area contributed by atoms with Crippen LogP contribution in [0.2, 0.25) is 0 Å². The van der Waals surface area contributed by atoms with Crippen molar-refractivity contribution in [1.29, 1.82) is 5.41 Å². The topological polar surface area (TPSA) is 539 Å². The number of aromatic hydroxyl groups is 1. The highest BCUT2D eigenvalue weighted by Gasteiger charge is 2.44. The highest BCUT2D eigenvalue weighted by molar-refractivity contribution is 6.01. The molecule has 580 valence electrons. The molecule has 0 unspecified atom stereocenters. The number of aliphatic hydroxyl groups excluding tert-OH is 2. The molecule has 34 nitrogen and oxygen atoms in total. The lowest BCUT2D eigenvalue weighted by Crippen LogP contribution is -2.62. The van der Waals surface area contributed by atoms with Crippen molar-refractivity contribution in [2.45, 2.75) is 170 Å². The molecule has 12 atom stereocenters. The number of aliphatic hydroxyl groups is 2. The zero-order valence-electron chi connectivity index (χ0n) is 60.3. The summed E-state index contributed by atoms with van der Waals surface area (Å²) in [7, 11) is 0. The zero-order chi connectivity index (χ0) is 78.5. The van der Waals surface area contributed by atoms with E-state index in [1.54, 1.807) is 80.7 Å². The van der Waals surface area contributed by atoms with Crippen LogP contribution >= 0.6 is 0 Å². The van der Waals surface area contributed by atoms with Gasteiger partial charge in [0, 0.05) is 62.2 Å². The molecule has 12 amide bonds. The Hall–Kier alpha value is -11.5. The van der Waals surface area contributed by atoms with Crippen LogP contribution in [0.5, 0.6) is 5.75 Å². The van der Waals surface area contributed by atoms with Crippen molar-refractivity contribution < 1.29 is 82.8 Å². The number of phenols is 1. The van der Waals surface area contributed by atoms with E-state index in [-0.39, 0.29) is 89.3 Å². The van der Waals surface area contributed by atoms with Gasteiger partial charge in [0.1, 0.15) is 72.2 Å². The first-order valence-electron chi connectivity index (χ1n) is 35.9. The van der Waals surface area contributed by atoms with Crippen molar-refractivity contribution in [3.63, 3.8) is 0 Å². The molecule has 8 rings (SSSR count). The van der Waals surface area contributed by atoms with E-state index in [1.165, 1.54) is 28.9 Å². The maximum Gasteiger partial charge on any atom is 0.305 e. The van der Waals surface area contributed by atoms with Crippen molar-refractivity contribution in [3.8, 4) is 16.9 Å². The standard InChI is InChI=1S/C74H97N17O17/c1-40(2)61(73(108)91-31-13-21-59(91)70(105)83-52(32-42-14-6-4-7-15-42)65(100)82-50(18-10-28-79-74(77)78)71(106)89-29-11-19-57(89)62(76)97)88-68(103)56(39-93)87-66(101)53(36-60(95)96)84-69(104)58-20-12-30-90(58)72(107)54(33-43-22-24-45(25-23-43)44-16-8-5-9-17-44)85-63(98)41(3)81-67(102)55(38-92)86-64(99)49(75)34-46-37-80-51-35-47(94)26-27-48(46)51/h4-9,14-17,22-27,35,37,40-41,49-50,52-59,61,80,92-94H,10-13,18-21,28-34,36,38-39,75H2,1-3H3,(H2,76,97)(H,81,102)(H,82,100)(H,83,105)(H,84,104)(H,85,98)(H,86,99)(H,87,101)(H,88,103)(H,95,96)(H4,77,78,79)/t41-,49-,50-,52-,53-,54-,55-,56-,57-,58-,59-,61-/m0/s1. The fraction of sp³-hybridized carbons (Fsp3) is 0.459. The lowest BCUT2D eigenvalue weighted by molar-refractivity contribution is -0.145. The van der Waals surface area contributed by atoms with Crippen LogP contribution in [0.4, 0.5) is 0 Å². The summed E-state index contributed by atoms with van der Waals surface area (Å²) in [4.78, 5) is 188. The van der Waals surface area contributed by atoms with E-state index in [9.17, 15) is 82.8 Å². The third kappa shape index (κ3) is 22.1. The molecule has 3 fully saturated rings. The number of carbonyl (C=O) groups is 13. The second-order valence-corrected chi connectivity index (χ2v) is 27.6. The van der Waals surface area contributed by atoms with Gasteiger partial charge in [-0.2, -0.15) is 0 Å². The molecular formula is C74H97N17O17. The average molecular weight is 1500 g/mol. The number of nitrogens with two attached hydrogens (primary N) is 3. The van der Waals surface area contributed by atoms with E-state index in [0.29, 0.717) is 46.9 Å². The molecule has 1 aromatic heterocycles. The number of aromatic amines is 1. The summed E-state index contributed by atoms with van der Waals surface area (Å²) < 4.78 is 0. The molecular weight excluding hydrogens is 1400 g/mol. The van der Waals surface area contributed by atoms with Crippen molar-refractivity contribution >= 4 is 93.7 Å². The van der Waals surface area contributed by atoms with Crippen molar-refractivity contribution in [2.24, 2.45) is 23.1 Å². The minimum absolute atomic E-state index is 0.000332. The van der Waals surface area contributed by atoms with Crippen LogP contribution in [0, 0.1) is 11.3 Å². The Morgan fingerprint density at radius 1 is 0.537 bits per heavy atom. The van der Waals surface area contributed by atoms with Gasteiger partial charge < -0.3 is 105 Å². The summed E-state index contributed by atoms with van der Waals surface area (Å²) in [5, 5.41) is 72.0. The number of aliphatic carboxylic acids is 1. The van der Waals surface area contributed by atoms with Crippen LogP contribution in [0.1, 0.15) is 95.2 Å². The lowest BCUT2D eigenvalue weighted by atomic mass is 9.99. The number of aromatic nitrogens is 1. The van der Waals surface area contributed by atoms with Gasteiger partial charge in [-0.05, 0) is 111 Å². The maximum atomic E-state index is 14.9. The van der Waals surface area contributed by atoms with Gasteiger partial charge in [-0.1, -0.05) is 98.8 Å². The molecule has 3 saturated heterocycles. The number of rotatable bonds is 36. The Morgan fingerprint density at radius 2 is 1.03 bits per heavy atom. The van der Waals surface area contributed by atoms with E-state index in [4.69, 9.17) is 22.6 Å². The number of carbonyl (C=O) groups excluding carboxylic acids is 12. The van der Waals surface area contributed by atoms with Crippen LogP contribution in [0.15, 0.2) is 109 Å². The fourth-order valence-electron chi connectivity index (χ4n) is 13.5. The summed E-state index contributed by atoms with van der Waals surface area (Å²) in [5.41, 5.74) is 21.5. The summed E-state index contributed by atoms with van der Waals surface area (Å²) in [6.45, 7) is 2.76. The predicted molar refractivity (Wildman–Crippen MR) is 392 cm³/mol. The van der Waals surface area contributed by atoms with Gasteiger partial charge in [0.2, 0.25) is 70.9 Å². The van der Waals surface area contributed by atoms with Gasteiger partial charge >= 0.3 is 5.97 Å². The number of carboxylic acids is 1. The van der Waals surface area contributed by atoms with Crippen LogP contribution < -0.4 is 65.1 Å². The number of phenolic OH excluding ortho intramolecular Hbond substituents is 1. The number of fused-ring (bicyclic) bond motifs is 1. The molecule has 3 aliphatic rings. The van der Waals surface area contributed by atoms with Crippen LogP contribution in [-0.2, 0) is 81.6 Å². The first kappa shape index (κ1) is 82.1. The van der Waals surface area contributed by atoms with Crippen LogP contribution in [0.25, 0.3) is 22.0 Å². The number of amides is 12. The van der Waals surface area contributed by atoms with Crippen LogP contribution in [-0.4, -0.2) is 235 Å². The highest BCUT2D eigenvalue weighted by atomic mass is 16.4. The van der Waals surface area contributed by atoms with Gasteiger partial charge in [0.15, 0.2) is 5.96 Å². The Morgan fingerprint density at radius 3 is 1.61 bits per heavy atom. The lowest BCUT2D eigenvalue weighted by Gasteiger charge is -2.32. The van der Waals surface area contributed by atoms with Crippen molar-refractivity contribution in [3.05, 3.63) is 126 Å². The molecule has 4 aromatic carbocycles. The number of nitrogens with zero attached hydrogens (tertiary/aromatic N) is 3. The Balaban J connectivity index is 0.918. The highest BCUT2D eigenvalue weighted by Crippen LogP contribution is 2.27. The summed E-state index contributed by atoms with van der Waals surface area (Å²) in [6, 6.07) is 12.8. The first-order chi connectivity index (χ1) is 51.5.